The van der Waals surface area contributed by atoms with Crippen LogP contribution in [-0.4, -0.2) is 16.0 Å². The quantitative estimate of drug-likeness (QED) is 0.502. The summed E-state index contributed by atoms with van der Waals surface area (Å²) in [4.78, 5) is 4.02. The first-order valence-electron chi connectivity index (χ1n) is 10.5. The molecule has 3 aromatic rings. The molecule has 0 saturated carbocycles. The zero-order valence-corrected chi connectivity index (χ0v) is 17.3. The van der Waals surface area contributed by atoms with Crippen LogP contribution in [0.25, 0.3) is 11.1 Å². The Labute approximate surface area is 187 Å². The highest BCUT2D eigenvalue weighted by Gasteiger charge is 2.50. The van der Waals surface area contributed by atoms with Gasteiger partial charge in [0.2, 0.25) is 0 Å². The van der Waals surface area contributed by atoms with Crippen LogP contribution in [0.1, 0.15) is 64.4 Å². The number of aromatic nitrogens is 1. The lowest BCUT2D eigenvalue weighted by atomic mass is 9.74. The number of hydrogen-bond donors (Lipinski definition) is 2. The summed E-state index contributed by atoms with van der Waals surface area (Å²) >= 11 is 0. The number of halogens is 4. The van der Waals surface area contributed by atoms with Crippen molar-refractivity contribution in [3.05, 3.63) is 81.8 Å². The van der Waals surface area contributed by atoms with Gasteiger partial charge in [0.1, 0.15) is 23.9 Å². The van der Waals surface area contributed by atoms with Crippen molar-refractivity contribution in [2.45, 2.75) is 43.4 Å². The van der Waals surface area contributed by atoms with Crippen molar-refractivity contribution < 1.29 is 22.7 Å². The van der Waals surface area contributed by atoms with E-state index in [-0.39, 0.29) is 40.9 Å². The number of alkyl halides is 3. The first-order valence-corrected chi connectivity index (χ1v) is 10.5. The van der Waals surface area contributed by atoms with Crippen LogP contribution in [0.5, 0.6) is 0 Å². The van der Waals surface area contributed by atoms with Gasteiger partial charge in [-0.15, -0.1) is 0 Å². The second kappa shape index (κ2) is 7.56. The Morgan fingerprint density at radius 2 is 1.88 bits per heavy atom. The molecule has 8 heteroatoms. The van der Waals surface area contributed by atoms with Gasteiger partial charge in [-0.2, -0.15) is 5.26 Å². The summed E-state index contributed by atoms with van der Waals surface area (Å²) in [6.45, 7) is 0. The van der Waals surface area contributed by atoms with E-state index in [1.165, 1.54) is 6.20 Å². The zero-order chi connectivity index (χ0) is 23.5. The lowest BCUT2D eigenvalue weighted by molar-refractivity contribution is -0.0966. The molecule has 168 valence electrons. The molecule has 2 aliphatic rings. The third kappa shape index (κ3) is 3.26. The number of nitriles is 1. The number of nitrogen functional groups attached to an aromatic ring is 1. The summed E-state index contributed by atoms with van der Waals surface area (Å²) in [7, 11) is 0. The van der Waals surface area contributed by atoms with E-state index < -0.39 is 36.4 Å². The van der Waals surface area contributed by atoms with Crippen LogP contribution in [0.3, 0.4) is 0 Å². The van der Waals surface area contributed by atoms with Gasteiger partial charge in [-0.25, -0.2) is 22.5 Å². The lowest BCUT2D eigenvalue weighted by Gasteiger charge is -2.31. The van der Waals surface area contributed by atoms with Crippen LogP contribution in [0.15, 0.2) is 42.6 Å². The number of fused-ring (bicyclic) bond motifs is 2. The van der Waals surface area contributed by atoms with Gasteiger partial charge >= 0.3 is 0 Å². The average molecular weight is 453 g/mol. The van der Waals surface area contributed by atoms with Crippen molar-refractivity contribution in [1.82, 2.24) is 4.98 Å². The normalized spacial score (nSPS) is 23.0. The number of hydrogen-bond acceptors (Lipinski definition) is 4. The van der Waals surface area contributed by atoms with E-state index in [1.807, 2.05) is 6.07 Å². The van der Waals surface area contributed by atoms with E-state index in [1.54, 1.807) is 24.3 Å². The first kappa shape index (κ1) is 21.4. The van der Waals surface area contributed by atoms with Gasteiger partial charge in [-0.1, -0.05) is 12.1 Å². The third-order valence-corrected chi connectivity index (χ3v) is 6.68. The van der Waals surface area contributed by atoms with Gasteiger partial charge in [0.25, 0.3) is 5.92 Å². The Morgan fingerprint density at radius 3 is 2.61 bits per heavy atom. The SMILES string of the molecule is N#Cc1cc(F)cc2c1[C@@H](c1ccc(-c3cccnc3N)c3c1CC(F)(F)[C@H]3O)CC[C@@H]2F. The van der Waals surface area contributed by atoms with Gasteiger partial charge in [0.15, 0.2) is 0 Å². The van der Waals surface area contributed by atoms with Crippen LogP contribution in [0, 0.1) is 17.1 Å². The van der Waals surface area contributed by atoms with Crippen molar-refractivity contribution >= 4 is 5.82 Å². The summed E-state index contributed by atoms with van der Waals surface area (Å²) in [5, 5.41) is 20.2. The summed E-state index contributed by atoms with van der Waals surface area (Å²) in [5.41, 5.74) is 7.90. The van der Waals surface area contributed by atoms with Gasteiger partial charge in [-0.3, -0.25) is 0 Å². The third-order valence-electron chi connectivity index (χ3n) is 6.68. The fourth-order valence-electron chi connectivity index (χ4n) is 5.24. The lowest BCUT2D eigenvalue weighted by Crippen LogP contribution is -2.22. The summed E-state index contributed by atoms with van der Waals surface area (Å²) in [5.74, 6) is -4.58. The molecule has 0 fully saturated rings. The van der Waals surface area contributed by atoms with E-state index in [0.717, 1.165) is 12.1 Å². The number of aliphatic hydroxyl groups excluding tert-OH is 1. The second-order valence-corrected chi connectivity index (χ2v) is 8.54. The average Bonchev–Trinajstić information content (AvgIpc) is 3.03. The monoisotopic (exact) mass is 453 g/mol. The highest BCUT2D eigenvalue weighted by atomic mass is 19.3. The number of aliphatic hydroxyl groups is 1. The Kier molecular flexibility index (Phi) is 4.91. The number of nitrogens with zero attached hydrogens (tertiary/aromatic N) is 2. The molecule has 3 N–H and O–H groups in total. The van der Waals surface area contributed by atoms with Crippen molar-refractivity contribution in [2.75, 3.05) is 5.73 Å². The van der Waals surface area contributed by atoms with Crippen molar-refractivity contribution in [1.29, 1.82) is 5.26 Å². The maximum Gasteiger partial charge on any atom is 0.281 e. The smallest absolute Gasteiger partial charge is 0.281 e. The molecule has 4 nitrogen and oxygen atoms in total. The Bertz CT molecular complexity index is 1320. The fourth-order valence-corrected chi connectivity index (χ4v) is 5.24. The molecule has 1 aromatic heterocycles. The van der Waals surface area contributed by atoms with Crippen molar-refractivity contribution in [2.24, 2.45) is 0 Å². The molecule has 0 bridgehead atoms. The maximum atomic E-state index is 14.8. The van der Waals surface area contributed by atoms with E-state index in [0.29, 0.717) is 22.3 Å². The molecule has 0 amide bonds. The molecule has 0 saturated heterocycles. The molecule has 2 aromatic carbocycles. The molecule has 5 rings (SSSR count). The maximum absolute atomic E-state index is 14.8. The minimum Gasteiger partial charge on any atom is -0.383 e. The highest BCUT2D eigenvalue weighted by molar-refractivity contribution is 5.79. The number of nitrogens with two attached hydrogens (primary N) is 1. The standard InChI is InChI=1S/C25H19F4N3O/c26-13-8-12(11-30)21-15(5-6-20(27)18(21)9-13)14-3-4-16(17-2-1-7-32-24(17)31)22-19(14)10-25(28,29)23(22)33/h1-4,7-9,15,20,23,33H,5-6,10H2,(H2,31,32)/t15-,20+,23+/m1/s1. The first-order chi connectivity index (χ1) is 15.7. The van der Waals surface area contributed by atoms with Crippen LogP contribution in [0.4, 0.5) is 23.4 Å². The number of pyridine rings is 1. The van der Waals surface area contributed by atoms with Crippen LogP contribution in [-0.2, 0) is 6.42 Å². The molecule has 1 heterocycles. The molecule has 0 unspecified atom stereocenters. The topological polar surface area (TPSA) is 82.9 Å². The summed E-state index contributed by atoms with van der Waals surface area (Å²) in [6.07, 6.45) is -2.40. The van der Waals surface area contributed by atoms with Gasteiger partial charge in [-0.05, 0) is 70.5 Å². The summed E-state index contributed by atoms with van der Waals surface area (Å²) < 4.78 is 58.3. The molecular weight excluding hydrogens is 434 g/mol. The van der Waals surface area contributed by atoms with Gasteiger partial charge in [0, 0.05) is 24.1 Å². The molecule has 0 spiro atoms. The van der Waals surface area contributed by atoms with Crippen LogP contribution >= 0.6 is 0 Å². The minimum absolute atomic E-state index is 0.0167. The predicted molar refractivity (Wildman–Crippen MR) is 114 cm³/mol. The van der Waals surface area contributed by atoms with Crippen LogP contribution in [0.2, 0.25) is 0 Å². The molecule has 33 heavy (non-hydrogen) atoms. The van der Waals surface area contributed by atoms with Crippen molar-refractivity contribution in [3.8, 4) is 17.2 Å². The van der Waals surface area contributed by atoms with E-state index in [2.05, 4.69) is 4.98 Å². The van der Waals surface area contributed by atoms with Crippen LogP contribution < -0.4 is 5.73 Å². The molecule has 0 aliphatic heterocycles. The Balaban J connectivity index is 1.76. The largest absolute Gasteiger partial charge is 0.383 e. The Hall–Kier alpha value is -3.44. The van der Waals surface area contributed by atoms with E-state index in [9.17, 15) is 27.9 Å². The number of benzene rings is 2. The van der Waals surface area contributed by atoms with Crippen molar-refractivity contribution in [3.63, 3.8) is 0 Å². The second-order valence-electron chi connectivity index (χ2n) is 8.54. The molecule has 2 aliphatic carbocycles. The predicted octanol–water partition coefficient (Wildman–Crippen LogP) is 5.50. The van der Waals surface area contributed by atoms with E-state index >= 15 is 0 Å². The van der Waals surface area contributed by atoms with E-state index in [4.69, 9.17) is 5.73 Å². The fraction of sp³-hybridized carbons (Fsp3) is 0.280. The zero-order valence-electron chi connectivity index (χ0n) is 17.3. The number of anilines is 1. The van der Waals surface area contributed by atoms with Gasteiger partial charge < -0.3 is 10.8 Å². The number of rotatable bonds is 2. The van der Waals surface area contributed by atoms with Gasteiger partial charge in [0.05, 0.1) is 11.6 Å². The molecule has 3 atom stereocenters. The highest BCUT2D eigenvalue weighted by Crippen LogP contribution is 2.53. The molecule has 0 radical (unpaired) electrons. The Morgan fingerprint density at radius 1 is 1.09 bits per heavy atom. The minimum atomic E-state index is -3.41. The summed E-state index contributed by atoms with van der Waals surface area (Å²) in [6, 6.07) is 10.6. The molecular formula is C25H19F4N3O.